The molecule has 0 bridgehead atoms. The van der Waals surface area contributed by atoms with Crippen LogP contribution in [0, 0.1) is 53.3 Å². The Kier molecular flexibility index (Phi) is 7.70. The Hall–Kier alpha value is -1.73. The normalized spacial score (nSPS) is 44.9. The van der Waals surface area contributed by atoms with E-state index in [1.165, 1.54) is 83.5 Å². The van der Waals surface area contributed by atoms with Crippen LogP contribution in [0.2, 0.25) is 0 Å². The van der Waals surface area contributed by atoms with Gasteiger partial charge in [0.05, 0.1) is 0 Å². The second kappa shape index (κ2) is 11.7. The van der Waals surface area contributed by atoms with Gasteiger partial charge >= 0.3 is 0 Å². The molecule has 0 radical (unpaired) electrons. The van der Waals surface area contributed by atoms with Gasteiger partial charge in [-0.15, -0.1) is 11.8 Å². The zero-order valence-electron chi connectivity index (χ0n) is 25.0. The summed E-state index contributed by atoms with van der Waals surface area (Å²) < 4.78 is 0. The molecule has 11 atom stereocenters. The van der Waals surface area contributed by atoms with Gasteiger partial charge in [-0.2, -0.15) is 0 Å². The third-order valence-electron chi connectivity index (χ3n) is 12.7. The third-order valence-corrected chi connectivity index (χ3v) is 14.5. The minimum atomic E-state index is 0.678. The number of allylic oxidation sites excluding steroid dienone is 15. The molecule has 0 N–H and O–H groups in total. The molecule has 0 aromatic carbocycles. The molecular formula is C40H50S. The van der Waals surface area contributed by atoms with E-state index in [9.17, 15) is 0 Å². The molecule has 2 saturated carbocycles. The highest BCUT2D eigenvalue weighted by molar-refractivity contribution is 8.01. The molecule has 41 heavy (non-hydrogen) atoms. The number of thioether (sulfide) groups is 1. The average molecular weight is 563 g/mol. The van der Waals surface area contributed by atoms with Crippen molar-refractivity contribution < 1.29 is 0 Å². The molecule has 1 heteroatoms. The predicted molar refractivity (Wildman–Crippen MR) is 177 cm³/mol. The SMILES string of the molecule is C1=CCC(C2CCC(C3=CCCC(C4C5C=CCCC5C(C5CC=C6C=CC=CC6C5)C5CCCCC54)=C3)S2)C=C1. The second-order valence-electron chi connectivity index (χ2n) is 14.7. The van der Waals surface area contributed by atoms with Crippen molar-refractivity contribution in [1.82, 2.24) is 0 Å². The average Bonchev–Trinajstić information content (AvgIpc) is 3.54. The van der Waals surface area contributed by atoms with Gasteiger partial charge in [-0.1, -0.05) is 97.4 Å². The first kappa shape index (κ1) is 26.9. The summed E-state index contributed by atoms with van der Waals surface area (Å²) in [5.74, 6) is 7.62. The molecule has 0 aromatic rings. The molecule has 0 aromatic heterocycles. The van der Waals surface area contributed by atoms with Crippen LogP contribution in [-0.2, 0) is 0 Å². The standard InChI is InChI=1S/C40H50S/c1-2-12-28(13-3-1)37-23-24-38(41-37)30-15-10-16-31(26-30)39-33-17-6-8-19-35(33)40(36-20-9-7-18-34(36)39)32-22-21-27-11-4-5-14-29(27)25-32/h1-6,11-12,14-15,17,21,26,28-29,32-40H,7-10,13,16,18-20,22-25H2. The number of hydrogen-bond acceptors (Lipinski definition) is 1. The van der Waals surface area contributed by atoms with Crippen LogP contribution in [0.15, 0.2) is 95.7 Å². The Morgan fingerprint density at radius 3 is 2.56 bits per heavy atom. The number of rotatable bonds is 4. The van der Waals surface area contributed by atoms with E-state index in [2.05, 4.69) is 90.8 Å². The van der Waals surface area contributed by atoms with Crippen LogP contribution >= 0.6 is 11.8 Å². The van der Waals surface area contributed by atoms with Crippen LogP contribution in [0.4, 0.5) is 0 Å². The van der Waals surface area contributed by atoms with Crippen molar-refractivity contribution in [2.24, 2.45) is 53.3 Å². The van der Waals surface area contributed by atoms with Crippen molar-refractivity contribution in [3.8, 4) is 0 Å². The lowest BCUT2D eigenvalue weighted by Gasteiger charge is -2.58. The summed E-state index contributed by atoms with van der Waals surface area (Å²) in [4.78, 5) is 0. The van der Waals surface area contributed by atoms with E-state index in [0.717, 1.165) is 57.8 Å². The summed E-state index contributed by atoms with van der Waals surface area (Å²) in [6, 6.07) is 0. The molecule has 0 nitrogen and oxygen atoms in total. The molecule has 0 spiro atoms. The van der Waals surface area contributed by atoms with Crippen molar-refractivity contribution in [3.63, 3.8) is 0 Å². The highest BCUT2D eigenvalue weighted by Gasteiger charge is 2.53. The van der Waals surface area contributed by atoms with Crippen LogP contribution in [-0.4, -0.2) is 10.5 Å². The van der Waals surface area contributed by atoms with Crippen LogP contribution in [0.5, 0.6) is 0 Å². The smallest absolute Gasteiger partial charge is 0.0297 e. The van der Waals surface area contributed by atoms with E-state index < -0.39 is 0 Å². The Morgan fingerprint density at radius 2 is 1.63 bits per heavy atom. The van der Waals surface area contributed by atoms with Gasteiger partial charge in [-0.3, -0.25) is 0 Å². The summed E-state index contributed by atoms with van der Waals surface area (Å²) >= 11 is 2.32. The molecule has 1 heterocycles. The Labute approximate surface area is 254 Å². The van der Waals surface area contributed by atoms with Crippen molar-refractivity contribution in [2.75, 3.05) is 0 Å². The molecule has 7 aliphatic carbocycles. The molecule has 1 saturated heterocycles. The van der Waals surface area contributed by atoms with Gasteiger partial charge in [-0.25, -0.2) is 0 Å². The van der Waals surface area contributed by atoms with E-state index in [0.29, 0.717) is 5.92 Å². The predicted octanol–water partition coefficient (Wildman–Crippen LogP) is 10.7. The number of fused-ring (bicyclic) bond motifs is 3. The fourth-order valence-electron chi connectivity index (χ4n) is 11.0. The summed E-state index contributed by atoms with van der Waals surface area (Å²) in [7, 11) is 0. The molecule has 11 unspecified atom stereocenters. The van der Waals surface area contributed by atoms with Gasteiger partial charge in [0.15, 0.2) is 0 Å². The second-order valence-corrected chi connectivity index (χ2v) is 16.1. The third kappa shape index (κ3) is 5.11. The lowest BCUT2D eigenvalue weighted by molar-refractivity contribution is -0.0496. The van der Waals surface area contributed by atoms with Gasteiger partial charge in [-0.05, 0) is 129 Å². The van der Waals surface area contributed by atoms with Crippen molar-refractivity contribution in [3.05, 3.63) is 95.7 Å². The summed E-state index contributed by atoms with van der Waals surface area (Å²) in [6.45, 7) is 0. The molecule has 8 rings (SSSR count). The van der Waals surface area contributed by atoms with Crippen LogP contribution in [0.3, 0.4) is 0 Å². The zero-order chi connectivity index (χ0) is 27.2. The first-order valence-electron chi connectivity index (χ1n) is 17.4. The summed E-state index contributed by atoms with van der Waals surface area (Å²) in [6.07, 6.45) is 50.3. The van der Waals surface area contributed by atoms with Gasteiger partial charge < -0.3 is 0 Å². The fraction of sp³-hybridized carbons (Fsp3) is 0.600. The van der Waals surface area contributed by atoms with E-state index in [1.807, 2.05) is 5.57 Å². The van der Waals surface area contributed by atoms with E-state index in [1.54, 1.807) is 11.1 Å². The summed E-state index contributed by atoms with van der Waals surface area (Å²) in [5.41, 5.74) is 5.18. The molecule has 1 aliphatic heterocycles. The van der Waals surface area contributed by atoms with Gasteiger partial charge in [0.1, 0.15) is 0 Å². The molecule has 216 valence electrons. The monoisotopic (exact) mass is 562 g/mol. The fourth-order valence-corrected chi connectivity index (χ4v) is 12.7. The molecular weight excluding hydrogens is 513 g/mol. The van der Waals surface area contributed by atoms with Crippen LogP contribution in [0.25, 0.3) is 0 Å². The molecule has 3 fully saturated rings. The van der Waals surface area contributed by atoms with Gasteiger partial charge in [0.25, 0.3) is 0 Å². The Morgan fingerprint density at radius 1 is 0.707 bits per heavy atom. The highest BCUT2D eigenvalue weighted by Crippen LogP contribution is 2.61. The zero-order valence-corrected chi connectivity index (χ0v) is 25.8. The molecule has 8 aliphatic rings. The van der Waals surface area contributed by atoms with Crippen LogP contribution < -0.4 is 0 Å². The van der Waals surface area contributed by atoms with Gasteiger partial charge in [0.2, 0.25) is 0 Å². The van der Waals surface area contributed by atoms with Crippen molar-refractivity contribution in [1.29, 1.82) is 0 Å². The largest absolute Gasteiger partial charge is 0.150 e. The first-order valence-corrected chi connectivity index (χ1v) is 18.4. The summed E-state index contributed by atoms with van der Waals surface area (Å²) in [5, 5.41) is 1.54. The minimum absolute atomic E-state index is 0.678. The van der Waals surface area contributed by atoms with E-state index in [4.69, 9.17) is 0 Å². The maximum Gasteiger partial charge on any atom is 0.0297 e. The van der Waals surface area contributed by atoms with Crippen LogP contribution in [0.1, 0.15) is 83.5 Å². The van der Waals surface area contributed by atoms with Crippen molar-refractivity contribution >= 4 is 11.8 Å². The first-order chi connectivity index (χ1) is 20.3. The van der Waals surface area contributed by atoms with Gasteiger partial charge in [0, 0.05) is 16.4 Å². The topological polar surface area (TPSA) is 0 Å². The Balaban J connectivity index is 1.06. The Bertz CT molecular complexity index is 1230. The lowest BCUT2D eigenvalue weighted by Crippen LogP contribution is -2.51. The van der Waals surface area contributed by atoms with E-state index >= 15 is 0 Å². The number of hydrogen-bond donors (Lipinski definition) is 0. The minimum Gasteiger partial charge on any atom is -0.150 e. The van der Waals surface area contributed by atoms with E-state index in [-0.39, 0.29) is 0 Å². The van der Waals surface area contributed by atoms with Crippen molar-refractivity contribution in [2.45, 2.75) is 94.0 Å². The quantitative estimate of drug-likeness (QED) is 0.307. The maximum absolute atomic E-state index is 2.80. The maximum atomic E-state index is 2.80. The molecule has 0 amide bonds. The highest BCUT2D eigenvalue weighted by atomic mass is 32.2. The lowest BCUT2D eigenvalue weighted by atomic mass is 9.47.